The van der Waals surface area contributed by atoms with Gasteiger partial charge in [-0.1, -0.05) is 127 Å². The second-order valence-electron chi connectivity index (χ2n) is 16.2. The van der Waals surface area contributed by atoms with Crippen LogP contribution in [0, 0.1) is 47.8 Å². The molecule has 5 nitrogen and oxygen atoms in total. The summed E-state index contributed by atoms with van der Waals surface area (Å²) >= 11 is 3.45. The molecule has 7 heteroatoms. The molecule has 3 heterocycles. The number of aromatic nitrogens is 2. The fourth-order valence-corrected chi connectivity index (χ4v) is 10.9. The first-order chi connectivity index (χ1) is 28.8. The average Bonchev–Trinajstić information content (AvgIpc) is 3.99. The van der Waals surface area contributed by atoms with E-state index in [1.807, 2.05) is 0 Å². The summed E-state index contributed by atoms with van der Waals surface area (Å²) < 4.78 is 0. The highest BCUT2D eigenvalue weighted by molar-refractivity contribution is 7.23. The molecule has 0 amide bonds. The van der Waals surface area contributed by atoms with Crippen molar-refractivity contribution in [3.8, 4) is 72.3 Å². The molecule has 0 radical (unpaired) electrons. The Bertz CT molecular complexity index is 2520. The number of nitriles is 3. The van der Waals surface area contributed by atoms with Crippen LogP contribution in [0.1, 0.15) is 142 Å². The molecule has 1 aliphatic carbocycles. The van der Waals surface area contributed by atoms with Gasteiger partial charge in [0.1, 0.15) is 0 Å². The standard InChI is InChI=1S/C52H53N5S2/c1-5-7-9-11-13-15-25-52(26-16-14-12-10-8-6-2)43-27-35(3)17-20-41(43)42-21-19-38(30-44(42)52)45-31-46(47-23-24-49(59-47)48-22-18-36(4)58-48)57-51(56-45)50-39(33-54)28-37(32-53)29-40(50)34-55/h17-24,27-31H,5-16,25-26H2,1-4H3. The number of thiophene rings is 2. The average molecular weight is 812 g/mol. The van der Waals surface area contributed by atoms with Gasteiger partial charge in [-0.2, -0.15) is 15.8 Å². The van der Waals surface area contributed by atoms with Crippen LogP contribution >= 0.6 is 22.7 Å². The molecule has 1 aliphatic rings. The summed E-state index contributed by atoms with van der Waals surface area (Å²) in [4.78, 5) is 14.9. The van der Waals surface area contributed by atoms with Gasteiger partial charge in [-0.25, -0.2) is 9.97 Å². The number of rotatable bonds is 18. The Labute approximate surface area is 359 Å². The highest BCUT2D eigenvalue weighted by Gasteiger charge is 2.42. The second kappa shape index (κ2) is 19.1. The van der Waals surface area contributed by atoms with E-state index in [4.69, 9.17) is 9.97 Å². The molecule has 0 unspecified atom stereocenters. The lowest BCUT2D eigenvalue weighted by Crippen LogP contribution is -2.25. The van der Waals surface area contributed by atoms with Crippen molar-refractivity contribution in [1.82, 2.24) is 9.97 Å². The van der Waals surface area contributed by atoms with E-state index in [2.05, 4.69) is 113 Å². The molecule has 0 saturated carbocycles. The second-order valence-corrected chi connectivity index (χ2v) is 18.6. The summed E-state index contributed by atoms with van der Waals surface area (Å²) in [5.41, 5.74) is 10.2. The molecule has 0 N–H and O–H groups in total. The first-order valence-corrected chi connectivity index (χ1v) is 23.2. The SMILES string of the molecule is CCCCCCCCC1(CCCCCCCC)c2cc(C)ccc2-c2ccc(-c3cc(-c4ccc(-c5ccc(C)s5)s4)nc(-c4c(C#N)cc(C#N)cc4C#N)n3)cc21. The number of benzene rings is 3. The normalized spacial score (nSPS) is 12.4. The first-order valence-electron chi connectivity index (χ1n) is 21.5. The Morgan fingerprint density at radius 1 is 0.542 bits per heavy atom. The number of nitrogens with zero attached hydrogens (tertiary/aromatic N) is 5. The predicted molar refractivity (Wildman–Crippen MR) is 245 cm³/mol. The van der Waals surface area contributed by atoms with Gasteiger partial charge in [-0.05, 0) is 97.5 Å². The van der Waals surface area contributed by atoms with E-state index in [1.54, 1.807) is 22.7 Å². The lowest BCUT2D eigenvalue weighted by Gasteiger charge is -2.33. The van der Waals surface area contributed by atoms with E-state index in [1.165, 1.54) is 127 Å². The van der Waals surface area contributed by atoms with Crippen molar-refractivity contribution in [2.75, 3.05) is 0 Å². The number of hydrogen-bond acceptors (Lipinski definition) is 7. The van der Waals surface area contributed by atoms with Gasteiger partial charge in [0, 0.05) is 25.6 Å². The number of hydrogen-bond donors (Lipinski definition) is 0. The topological polar surface area (TPSA) is 97.1 Å². The van der Waals surface area contributed by atoms with Crippen molar-refractivity contribution in [2.24, 2.45) is 0 Å². The van der Waals surface area contributed by atoms with Gasteiger partial charge >= 0.3 is 0 Å². The van der Waals surface area contributed by atoms with Crippen LogP contribution in [0.5, 0.6) is 0 Å². The lowest BCUT2D eigenvalue weighted by atomic mass is 9.70. The van der Waals surface area contributed by atoms with Crippen molar-refractivity contribution >= 4 is 22.7 Å². The third kappa shape index (κ3) is 8.96. The summed E-state index contributed by atoms with van der Waals surface area (Å²) in [6.45, 7) is 8.91. The molecular formula is C52H53N5S2. The van der Waals surface area contributed by atoms with Crippen molar-refractivity contribution in [1.29, 1.82) is 15.8 Å². The van der Waals surface area contributed by atoms with Crippen LogP contribution in [0.3, 0.4) is 0 Å². The molecule has 7 rings (SSSR count). The highest BCUT2D eigenvalue weighted by atomic mass is 32.1. The quantitative estimate of drug-likeness (QED) is 0.0805. The fourth-order valence-electron chi connectivity index (χ4n) is 8.98. The molecule has 298 valence electrons. The highest BCUT2D eigenvalue weighted by Crippen LogP contribution is 2.55. The molecule has 59 heavy (non-hydrogen) atoms. The molecular weight excluding hydrogens is 759 g/mol. The molecule has 0 atom stereocenters. The Balaban J connectivity index is 1.38. The molecule has 3 aromatic heterocycles. The van der Waals surface area contributed by atoms with Crippen molar-refractivity contribution in [3.05, 3.63) is 117 Å². The van der Waals surface area contributed by atoms with Crippen LogP contribution in [-0.2, 0) is 5.41 Å². The minimum absolute atomic E-state index is 0.0997. The molecule has 0 saturated heterocycles. The summed E-state index contributed by atoms with van der Waals surface area (Å²) in [6, 6.07) is 34.2. The van der Waals surface area contributed by atoms with E-state index >= 15 is 0 Å². The molecule has 0 fully saturated rings. The van der Waals surface area contributed by atoms with Gasteiger partial charge in [0.05, 0.1) is 56.7 Å². The minimum atomic E-state index is -0.0997. The van der Waals surface area contributed by atoms with Crippen LogP contribution in [0.25, 0.3) is 54.1 Å². The zero-order chi connectivity index (χ0) is 41.4. The van der Waals surface area contributed by atoms with Crippen molar-refractivity contribution < 1.29 is 0 Å². The maximum atomic E-state index is 10.3. The largest absolute Gasteiger partial charge is 0.228 e. The molecule has 6 aromatic rings. The number of aryl methyl sites for hydroxylation is 2. The first kappa shape index (κ1) is 41.8. The van der Waals surface area contributed by atoms with Crippen LogP contribution in [0.2, 0.25) is 0 Å². The Morgan fingerprint density at radius 2 is 1.10 bits per heavy atom. The van der Waals surface area contributed by atoms with E-state index in [0.29, 0.717) is 11.4 Å². The van der Waals surface area contributed by atoms with Gasteiger partial charge in [-0.3, -0.25) is 0 Å². The van der Waals surface area contributed by atoms with Gasteiger partial charge in [0.25, 0.3) is 0 Å². The maximum Gasteiger partial charge on any atom is 0.163 e. The third-order valence-corrected chi connectivity index (χ3v) is 14.3. The van der Waals surface area contributed by atoms with Gasteiger partial charge < -0.3 is 0 Å². The number of fused-ring (bicyclic) bond motifs is 3. The summed E-state index contributed by atoms with van der Waals surface area (Å²) in [7, 11) is 0. The van der Waals surface area contributed by atoms with Crippen molar-refractivity contribution in [2.45, 2.75) is 123 Å². The smallest absolute Gasteiger partial charge is 0.163 e. The van der Waals surface area contributed by atoms with E-state index in [0.717, 1.165) is 39.5 Å². The van der Waals surface area contributed by atoms with Crippen LogP contribution in [-0.4, -0.2) is 9.97 Å². The third-order valence-electron chi connectivity index (χ3n) is 12.0. The zero-order valence-corrected chi connectivity index (χ0v) is 36.6. The lowest BCUT2D eigenvalue weighted by molar-refractivity contribution is 0.398. The number of unbranched alkanes of at least 4 members (excludes halogenated alkanes) is 10. The van der Waals surface area contributed by atoms with Crippen LogP contribution in [0.15, 0.2) is 78.9 Å². The van der Waals surface area contributed by atoms with Crippen LogP contribution < -0.4 is 0 Å². The Morgan fingerprint density at radius 3 is 1.71 bits per heavy atom. The van der Waals surface area contributed by atoms with Crippen molar-refractivity contribution in [3.63, 3.8) is 0 Å². The molecule has 3 aromatic carbocycles. The Kier molecular flexibility index (Phi) is 13.5. The van der Waals surface area contributed by atoms with Gasteiger partial charge in [0.15, 0.2) is 5.82 Å². The van der Waals surface area contributed by atoms with E-state index < -0.39 is 0 Å². The molecule has 0 aliphatic heterocycles. The zero-order valence-electron chi connectivity index (χ0n) is 35.0. The predicted octanol–water partition coefficient (Wildman–Crippen LogP) is 15.3. The van der Waals surface area contributed by atoms with Gasteiger partial charge in [-0.15, -0.1) is 22.7 Å². The monoisotopic (exact) mass is 811 g/mol. The van der Waals surface area contributed by atoms with Crippen LogP contribution in [0.4, 0.5) is 0 Å². The summed E-state index contributed by atoms with van der Waals surface area (Å²) in [6.07, 6.45) is 17.4. The van der Waals surface area contributed by atoms with Gasteiger partial charge in [0.2, 0.25) is 0 Å². The summed E-state index contributed by atoms with van der Waals surface area (Å²) in [5, 5.41) is 30.4. The summed E-state index contributed by atoms with van der Waals surface area (Å²) in [5.74, 6) is 0.307. The molecule has 0 spiro atoms. The fraction of sp³-hybridized carbons (Fsp3) is 0.365. The maximum absolute atomic E-state index is 10.3. The van der Waals surface area contributed by atoms with E-state index in [-0.39, 0.29) is 22.1 Å². The Hall–Kier alpha value is -5.39. The minimum Gasteiger partial charge on any atom is -0.228 e. The molecule has 0 bridgehead atoms. The van der Waals surface area contributed by atoms with E-state index in [9.17, 15) is 15.8 Å².